The number of nitrogens with one attached hydrogen (secondary N) is 2. The van der Waals surface area contributed by atoms with Gasteiger partial charge in [0.1, 0.15) is 0 Å². The summed E-state index contributed by atoms with van der Waals surface area (Å²) in [5, 5.41) is 4.75. The van der Waals surface area contributed by atoms with Crippen molar-refractivity contribution in [2.75, 3.05) is 26.2 Å². The highest BCUT2D eigenvalue weighted by atomic mass is 16.2. The van der Waals surface area contributed by atoms with Gasteiger partial charge >= 0.3 is 6.03 Å². The smallest absolute Gasteiger partial charge is 0.321 e. The van der Waals surface area contributed by atoms with Crippen LogP contribution in [0.2, 0.25) is 0 Å². The van der Waals surface area contributed by atoms with Gasteiger partial charge in [0.05, 0.1) is 13.1 Å². The molecule has 0 radical (unpaired) electrons. The van der Waals surface area contributed by atoms with E-state index < -0.39 is 17.8 Å². The number of imide groups is 1. The number of rotatable bonds is 8. The summed E-state index contributed by atoms with van der Waals surface area (Å²) < 4.78 is 0. The molecule has 4 N–H and O–H groups in total. The van der Waals surface area contributed by atoms with Gasteiger partial charge in [0, 0.05) is 13.1 Å². The molecule has 7 nitrogen and oxygen atoms in total. The van der Waals surface area contributed by atoms with Crippen LogP contribution in [0.25, 0.3) is 0 Å². The average molecular weight is 272 g/mol. The van der Waals surface area contributed by atoms with Crippen LogP contribution in [0.4, 0.5) is 4.79 Å². The quantitative estimate of drug-likeness (QED) is 0.562. The van der Waals surface area contributed by atoms with Crippen molar-refractivity contribution in [1.82, 2.24) is 15.5 Å². The highest BCUT2D eigenvalue weighted by molar-refractivity contribution is 5.95. The van der Waals surface area contributed by atoms with Gasteiger partial charge < -0.3 is 11.1 Å². The van der Waals surface area contributed by atoms with Crippen molar-refractivity contribution < 1.29 is 14.4 Å². The molecule has 0 saturated carbocycles. The van der Waals surface area contributed by atoms with Gasteiger partial charge in [-0.05, 0) is 12.3 Å². The van der Waals surface area contributed by atoms with Gasteiger partial charge in [-0.25, -0.2) is 4.79 Å². The first-order chi connectivity index (χ1) is 8.85. The van der Waals surface area contributed by atoms with Crippen LogP contribution < -0.4 is 16.4 Å². The molecule has 19 heavy (non-hydrogen) atoms. The van der Waals surface area contributed by atoms with Gasteiger partial charge in [-0.2, -0.15) is 0 Å². The molecule has 0 aliphatic carbocycles. The van der Waals surface area contributed by atoms with E-state index in [0.717, 1.165) is 6.42 Å². The van der Waals surface area contributed by atoms with Crippen LogP contribution in [0.15, 0.2) is 0 Å². The summed E-state index contributed by atoms with van der Waals surface area (Å²) in [6, 6.07) is -0.518. The molecule has 0 bridgehead atoms. The first-order valence-electron chi connectivity index (χ1n) is 6.43. The average Bonchev–Trinajstić information content (AvgIpc) is 2.23. The largest absolute Gasteiger partial charge is 0.369 e. The van der Waals surface area contributed by atoms with E-state index in [0.29, 0.717) is 19.0 Å². The summed E-state index contributed by atoms with van der Waals surface area (Å²) in [5.74, 6) is -0.652. The van der Waals surface area contributed by atoms with Crippen LogP contribution in [-0.2, 0) is 9.59 Å². The fourth-order valence-electron chi connectivity index (χ4n) is 1.57. The fraction of sp³-hybridized carbons (Fsp3) is 0.750. The number of carbonyl (C=O) groups excluding carboxylic acids is 3. The summed E-state index contributed by atoms with van der Waals surface area (Å²) in [7, 11) is 0. The first kappa shape index (κ1) is 17.4. The SMILES string of the molecule is CCCNC(=O)NC(=O)CN(CC(N)=O)CC(C)C. The molecule has 0 spiro atoms. The molecular weight excluding hydrogens is 248 g/mol. The Balaban J connectivity index is 4.21. The molecule has 0 aliphatic heterocycles. The predicted molar refractivity (Wildman–Crippen MR) is 72.3 cm³/mol. The van der Waals surface area contributed by atoms with Crippen LogP contribution in [-0.4, -0.2) is 48.9 Å². The van der Waals surface area contributed by atoms with E-state index in [4.69, 9.17) is 5.73 Å². The zero-order chi connectivity index (χ0) is 14.8. The lowest BCUT2D eigenvalue weighted by Gasteiger charge is -2.21. The van der Waals surface area contributed by atoms with Gasteiger partial charge in [-0.3, -0.25) is 19.8 Å². The number of amides is 4. The molecule has 0 atom stereocenters. The zero-order valence-corrected chi connectivity index (χ0v) is 11.9. The van der Waals surface area contributed by atoms with Crippen molar-refractivity contribution in [3.8, 4) is 0 Å². The Morgan fingerprint density at radius 2 is 1.84 bits per heavy atom. The van der Waals surface area contributed by atoms with Crippen LogP contribution in [0, 0.1) is 5.92 Å². The standard InChI is InChI=1S/C12H24N4O3/c1-4-5-14-12(19)15-11(18)8-16(6-9(2)3)7-10(13)17/h9H,4-8H2,1-3H3,(H2,13,17)(H2,14,15,18,19). The maximum atomic E-state index is 11.6. The second-order valence-electron chi connectivity index (χ2n) is 4.83. The number of carbonyl (C=O) groups is 3. The summed E-state index contributed by atoms with van der Waals surface area (Å²) in [5.41, 5.74) is 5.12. The third-order valence-electron chi connectivity index (χ3n) is 2.16. The molecule has 110 valence electrons. The predicted octanol–water partition coefficient (Wildman–Crippen LogP) is -0.334. The molecule has 0 fully saturated rings. The van der Waals surface area contributed by atoms with Crippen molar-refractivity contribution in [2.24, 2.45) is 11.7 Å². The number of hydrogen-bond donors (Lipinski definition) is 3. The van der Waals surface area contributed by atoms with E-state index >= 15 is 0 Å². The zero-order valence-electron chi connectivity index (χ0n) is 11.9. The number of primary amides is 1. The van der Waals surface area contributed by atoms with E-state index in [9.17, 15) is 14.4 Å². The third kappa shape index (κ3) is 10.0. The van der Waals surface area contributed by atoms with E-state index in [1.54, 1.807) is 4.90 Å². The van der Waals surface area contributed by atoms with Gasteiger partial charge in [0.25, 0.3) is 0 Å². The topological polar surface area (TPSA) is 105 Å². The highest BCUT2D eigenvalue weighted by Crippen LogP contribution is 1.97. The van der Waals surface area contributed by atoms with E-state index in [1.165, 1.54) is 0 Å². The van der Waals surface area contributed by atoms with Crippen molar-refractivity contribution in [1.29, 1.82) is 0 Å². The fourth-order valence-corrected chi connectivity index (χ4v) is 1.57. The monoisotopic (exact) mass is 272 g/mol. The molecule has 0 aromatic heterocycles. The van der Waals surface area contributed by atoms with Crippen LogP contribution in [0.5, 0.6) is 0 Å². The summed E-state index contributed by atoms with van der Waals surface area (Å²) >= 11 is 0. The van der Waals surface area contributed by atoms with Gasteiger partial charge in [0.2, 0.25) is 11.8 Å². The van der Waals surface area contributed by atoms with Crippen molar-refractivity contribution in [3.05, 3.63) is 0 Å². The molecule has 0 aliphatic rings. The second-order valence-corrected chi connectivity index (χ2v) is 4.83. The molecule has 7 heteroatoms. The van der Waals surface area contributed by atoms with Gasteiger partial charge in [0.15, 0.2) is 0 Å². The Hall–Kier alpha value is -1.63. The molecule has 0 aromatic rings. The summed E-state index contributed by atoms with van der Waals surface area (Å²) in [6.07, 6.45) is 0.794. The molecule has 4 amide bonds. The Morgan fingerprint density at radius 1 is 1.21 bits per heavy atom. The number of urea groups is 1. The lowest BCUT2D eigenvalue weighted by Crippen LogP contribution is -2.47. The summed E-state index contributed by atoms with van der Waals surface area (Å²) in [6.45, 7) is 6.91. The highest BCUT2D eigenvalue weighted by Gasteiger charge is 2.15. The maximum Gasteiger partial charge on any atom is 0.321 e. The maximum absolute atomic E-state index is 11.6. The first-order valence-corrected chi connectivity index (χ1v) is 6.43. The molecular formula is C12H24N4O3. The van der Waals surface area contributed by atoms with E-state index in [2.05, 4.69) is 10.6 Å². The Morgan fingerprint density at radius 3 is 2.32 bits per heavy atom. The van der Waals surface area contributed by atoms with Crippen molar-refractivity contribution in [3.63, 3.8) is 0 Å². The van der Waals surface area contributed by atoms with E-state index in [-0.39, 0.29) is 13.1 Å². The van der Waals surface area contributed by atoms with Crippen LogP contribution in [0.1, 0.15) is 27.2 Å². The minimum Gasteiger partial charge on any atom is -0.369 e. The van der Waals surface area contributed by atoms with Crippen molar-refractivity contribution in [2.45, 2.75) is 27.2 Å². The van der Waals surface area contributed by atoms with Gasteiger partial charge in [-0.1, -0.05) is 20.8 Å². The lowest BCUT2D eigenvalue weighted by atomic mass is 10.2. The van der Waals surface area contributed by atoms with E-state index in [1.807, 2.05) is 20.8 Å². The molecule has 0 unspecified atom stereocenters. The summed E-state index contributed by atoms with van der Waals surface area (Å²) in [4.78, 5) is 35.4. The number of hydrogen-bond acceptors (Lipinski definition) is 4. The molecule has 0 saturated heterocycles. The van der Waals surface area contributed by atoms with Gasteiger partial charge in [-0.15, -0.1) is 0 Å². The van der Waals surface area contributed by atoms with Crippen molar-refractivity contribution >= 4 is 17.8 Å². The molecule has 0 aromatic carbocycles. The third-order valence-corrected chi connectivity index (χ3v) is 2.16. The molecule has 0 heterocycles. The molecule has 0 rings (SSSR count). The Kier molecular flexibility index (Phi) is 8.52. The Bertz CT molecular complexity index is 318. The number of nitrogens with zero attached hydrogens (tertiary/aromatic N) is 1. The number of nitrogens with two attached hydrogens (primary N) is 1. The minimum absolute atomic E-state index is 0.00216. The van der Waals surface area contributed by atoms with Crippen LogP contribution >= 0.6 is 0 Å². The normalized spacial score (nSPS) is 10.6. The minimum atomic E-state index is -0.518. The lowest BCUT2D eigenvalue weighted by molar-refractivity contribution is -0.123. The second kappa shape index (κ2) is 9.32. The Labute approximate surface area is 113 Å². The van der Waals surface area contributed by atoms with Crippen LogP contribution in [0.3, 0.4) is 0 Å².